The van der Waals surface area contributed by atoms with Crippen LogP contribution in [0.1, 0.15) is 24.3 Å². The zero-order valence-electron chi connectivity index (χ0n) is 10.9. The van der Waals surface area contributed by atoms with E-state index in [1.54, 1.807) is 4.90 Å². The Morgan fingerprint density at radius 3 is 2.89 bits per heavy atom. The number of amides is 1. The molecule has 1 aliphatic heterocycles. The fraction of sp³-hybridized carbons (Fsp3) is 0.636. The summed E-state index contributed by atoms with van der Waals surface area (Å²) >= 11 is 1.84. The number of carbonyl (C=O) groups excluding carboxylic acids is 1. The molecule has 0 saturated carbocycles. The summed E-state index contributed by atoms with van der Waals surface area (Å²) in [6.07, 6.45) is 1.38. The molecule has 0 atom stereocenters. The summed E-state index contributed by atoms with van der Waals surface area (Å²) in [7, 11) is 0. The van der Waals surface area contributed by atoms with Gasteiger partial charge < -0.3 is 10.0 Å². The van der Waals surface area contributed by atoms with Gasteiger partial charge in [-0.1, -0.05) is 5.21 Å². The van der Waals surface area contributed by atoms with Crippen molar-refractivity contribution in [3.05, 3.63) is 11.9 Å². The highest BCUT2D eigenvalue weighted by atomic mass is 32.2. The van der Waals surface area contributed by atoms with Crippen LogP contribution in [0.15, 0.2) is 6.20 Å². The van der Waals surface area contributed by atoms with Gasteiger partial charge in [0.05, 0.1) is 6.20 Å². The number of carboxylic acid groups (broad SMARTS) is 1. The van der Waals surface area contributed by atoms with Gasteiger partial charge in [-0.05, 0) is 13.8 Å². The van der Waals surface area contributed by atoms with Crippen LogP contribution in [0, 0.1) is 0 Å². The summed E-state index contributed by atoms with van der Waals surface area (Å²) in [5.41, 5.74) is 0.198. The van der Waals surface area contributed by atoms with Gasteiger partial charge in [-0.2, -0.15) is 11.8 Å². The first kappa shape index (κ1) is 13.9. The fourth-order valence-electron chi connectivity index (χ4n) is 1.96. The Kier molecular flexibility index (Phi) is 3.79. The molecule has 19 heavy (non-hydrogen) atoms. The number of rotatable bonds is 3. The molecule has 0 unspecified atom stereocenters. The summed E-state index contributed by atoms with van der Waals surface area (Å²) in [6.45, 7) is 5.24. The van der Waals surface area contributed by atoms with E-state index < -0.39 is 5.97 Å². The molecular formula is C11H16N4O3S. The number of nitrogens with zero attached hydrogens (tertiary/aromatic N) is 4. The van der Waals surface area contributed by atoms with E-state index >= 15 is 0 Å². The first-order valence-corrected chi connectivity index (χ1v) is 6.91. The van der Waals surface area contributed by atoms with E-state index in [-0.39, 0.29) is 22.9 Å². The minimum absolute atomic E-state index is 0.0327. The molecule has 0 radical (unpaired) electrons. The molecule has 1 aromatic rings. The van der Waals surface area contributed by atoms with Gasteiger partial charge in [-0.25, -0.2) is 4.68 Å². The lowest BCUT2D eigenvalue weighted by Gasteiger charge is -2.37. The van der Waals surface area contributed by atoms with Gasteiger partial charge in [0.15, 0.2) is 5.69 Å². The second-order valence-corrected chi connectivity index (χ2v) is 6.83. The van der Waals surface area contributed by atoms with Crippen LogP contribution in [0.2, 0.25) is 0 Å². The number of carboxylic acids is 1. The Bertz CT molecular complexity index is 500. The van der Waals surface area contributed by atoms with Crippen LogP contribution in [-0.4, -0.2) is 60.5 Å². The third-order valence-corrected chi connectivity index (χ3v) is 4.07. The maximum absolute atomic E-state index is 12.2. The Morgan fingerprint density at radius 2 is 2.26 bits per heavy atom. The van der Waals surface area contributed by atoms with E-state index in [0.717, 1.165) is 10.4 Å². The lowest BCUT2D eigenvalue weighted by atomic mass is 10.2. The van der Waals surface area contributed by atoms with E-state index in [0.29, 0.717) is 13.1 Å². The van der Waals surface area contributed by atoms with Crippen LogP contribution in [-0.2, 0) is 11.3 Å². The fourth-order valence-corrected chi connectivity index (χ4v) is 3.08. The van der Waals surface area contributed by atoms with Crippen molar-refractivity contribution < 1.29 is 14.7 Å². The van der Waals surface area contributed by atoms with Gasteiger partial charge in [-0.15, -0.1) is 5.10 Å². The smallest absolute Gasteiger partial charge is 0.325 e. The standard InChI is InChI=1S/C11H16N4O3S/c1-11(2)7-14(3-4-19-11)10(18)8-5-15(13-12-8)6-9(16)17/h5H,3-4,6-7H2,1-2H3,(H,16,17). The average Bonchev–Trinajstić information content (AvgIpc) is 2.74. The number of hydrogen-bond donors (Lipinski definition) is 1. The van der Waals surface area contributed by atoms with Crippen LogP contribution < -0.4 is 0 Å². The average molecular weight is 284 g/mol. The van der Waals surface area contributed by atoms with Crippen molar-refractivity contribution in [1.29, 1.82) is 0 Å². The van der Waals surface area contributed by atoms with Gasteiger partial charge in [0.1, 0.15) is 6.54 Å². The summed E-state index contributed by atoms with van der Waals surface area (Å²) in [5.74, 6) is -0.313. The van der Waals surface area contributed by atoms with Crippen LogP contribution in [0.3, 0.4) is 0 Å². The molecule has 2 heterocycles. The maximum Gasteiger partial charge on any atom is 0.325 e. The lowest BCUT2D eigenvalue weighted by Crippen LogP contribution is -2.46. The molecule has 0 spiro atoms. The Labute approximate surface area is 115 Å². The van der Waals surface area contributed by atoms with Crippen LogP contribution in [0.25, 0.3) is 0 Å². The van der Waals surface area contributed by atoms with Gasteiger partial charge in [0, 0.05) is 23.6 Å². The zero-order chi connectivity index (χ0) is 14.0. The van der Waals surface area contributed by atoms with Gasteiger partial charge >= 0.3 is 5.97 Å². The van der Waals surface area contributed by atoms with E-state index in [1.165, 1.54) is 6.20 Å². The van der Waals surface area contributed by atoms with Gasteiger partial charge in [0.2, 0.25) is 0 Å². The molecule has 0 aromatic carbocycles. The molecular weight excluding hydrogens is 268 g/mol. The highest BCUT2D eigenvalue weighted by molar-refractivity contribution is 8.00. The number of hydrogen-bond acceptors (Lipinski definition) is 5. The van der Waals surface area contributed by atoms with Crippen molar-refractivity contribution in [2.75, 3.05) is 18.8 Å². The Morgan fingerprint density at radius 1 is 1.53 bits per heavy atom. The molecule has 1 aliphatic rings. The second kappa shape index (κ2) is 5.20. The molecule has 7 nitrogen and oxygen atoms in total. The first-order valence-electron chi connectivity index (χ1n) is 5.92. The number of carbonyl (C=O) groups is 2. The summed E-state index contributed by atoms with van der Waals surface area (Å²) in [6, 6.07) is 0. The van der Waals surface area contributed by atoms with Crippen molar-refractivity contribution in [3.8, 4) is 0 Å². The normalized spacial score (nSPS) is 18.3. The first-order chi connectivity index (χ1) is 8.87. The third kappa shape index (κ3) is 3.46. The van der Waals surface area contributed by atoms with Crippen molar-refractivity contribution in [2.45, 2.75) is 25.1 Å². The van der Waals surface area contributed by atoms with E-state index in [1.807, 2.05) is 11.8 Å². The molecule has 0 bridgehead atoms. The lowest BCUT2D eigenvalue weighted by molar-refractivity contribution is -0.137. The van der Waals surface area contributed by atoms with E-state index in [2.05, 4.69) is 24.2 Å². The highest BCUT2D eigenvalue weighted by Crippen LogP contribution is 2.29. The molecule has 1 amide bonds. The molecule has 1 N–H and O–H groups in total. The SMILES string of the molecule is CC1(C)CN(C(=O)c2cn(CC(=O)O)nn2)CCS1. The molecule has 2 rings (SSSR count). The maximum atomic E-state index is 12.2. The zero-order valence-corrected chi connectivity index (χ0v) is 11.7. The summed E-state index contributed by atoms with van der Waals surface area (Å²) in [4.78, 5) is 24.5. The molecule has 1 aromatic heterocycles. The summed E-state index contributed by atoms with van der Waals surface area (Å²) in [5, 5.41) is 16.0. The topological polar surface area (TPSA) is 88.3 Å². The van der Waals surface area contributed by atoms with Gasteiger partial charge in [-0.3, -0.25) is 9.59 Å². The number of aromatic nitrogens is 3. The predicted molar refractivity (Wildman–Crippen MR) is 70.1 cm³/mol. The van der Waals surface area contributed by atoms with Crippen molar-refractivity contribution in [3.63, 3.8) is 0 Å². The Balaban J connectivity index is 2.07. The quantitative estimate of drug-likeness (QED) is 0.860. The highest BCUT2D eigenvalue weighted by Gasteiger charge is 2.31. The van der Waals surface area contributed by atoms with Crippen LogP contribution in [0.4, 0.5) is 0 Å². The van der Waals surface area contributed by atoms with Crippen molar-refractivity contribution in [2.24, 2.45) is 0 Å². The van der Waals surface area contributed by atoms with Gasteiger partial charge in [0.25, 0.3) is 5.91 Å². The van der Waals surface area contributed by atoms with Crippen LogP contribution >= 0.6 is 11.8 Å². The summed E-state index contributed by atoms with van der Waals surface area (Å²) < 4.78 is 1.18. The third-order valence-electron chi connectivity index (χ3n) is 2.77. The Hall–Kier alpha value is -1.57. The number of aliphatic carboxylic acids is 1. The molecule has 104 valence electrons. The minimum Gasteiger partial charge on any atom is -0.480 e. The number of thioether (sulfide) groups is 1. The van der Waals surface area contributed by atoms with Crippen molar-refractivity contribution >= 4 is 23.6 Å². The molecule has 0 aliphatic carbocycles. The van der Waals surface area contributed by atoms with Crippen LogP contribution in [0.5, 0.6) is 0 Å². The van der Waals surface area contributed by atoms with Crippen molar-refractivity contribution in [1.82, 2.24) is 19.9 Å². The monoisotopic (exact) mass is 284 g/mol. The molecule has 1 fully saturated rings. The molecule has 1 saturated heterocycles. The predicted octanol–water partition coefficient (Wildman–Crippen LogP) is 0.330. The largest absolute Gasteiger partial charge is 0.480 e. The molecule has 8 heteroatoms. The minimum atomic E-state index is -1.01. The van der Waals surface area contributed by atoms with E-state index in [4.69, 9.17) is 5.11 Å². The second-order valence-electron chi connectivity index (χ2n) is 5.03. The van der Waals surface area contributed by atoms with E-state index in [9.17, 15) is 9.59 Å².